The SMILES string of the molecule is C=C1CC(c2occc2Sc2ccc(OCc3cccc(C)c3)cc2)C(=O)N1.Cc1ccccc1COc1ccc(Sc2ccoc2C2CC(=O)NC2=O)cc1. The second kappa shape index (κ2) is 17.7. The Bertz CT molecular complexity index is 2350. The summed E-state index contributed by atoms with van der Waals surface area (Å²) in [7, 11) is 0. The number of hydrogen-bond donors (Lipinski definition) is 2. The maximum absolute atomic E-state index is 12.1. The summed E-state index contributed by atoms with van der Waals surface area (Å²) in [6.45, 7) is 9.05. The fraction of sp³-hybridized carbons (Fsp3) is 0.178. The molecule has 0 saturated carbocycles. The predicted octanol–water partition coefficient (Wildman–Crippen LogP) is 9.88. The van der Waals surface area contributed by atoms with E-state index < -0.39 is 5.92 Å². The Morgan fingerprint density at radius 1 is 0.661 bits per heavy atom. The van der Waals surface area contributed by atoms with Gasteiger partial charge in [-0.15, -0.1) is 0 Å². The lowest BCUT2D eigenvalue weighted by molar-refractivity contribution is -0.125. The van der Waals surface area contributed by atoms with Crippen molar-refractivity contribution in [2.24, 2.45) is 0 Å². The Balaban J connectivity index is 0.000000172. The highest BCUT2D eigenvalue weighted by Gasteiger charge is 2.36. The van der Waals surface area contributed by atoms with Crippen molar-refractivity contribution in [3.63, 3.8) is 0 Å². The monoisotopic (exact) mass is 784 g/mol. The first-order valence-corrected chi connectivity index (χ1v) is 19.7. The average Bonchev–Trinajstić information content (AvgIpc) is 3.99. The summed E-state index contributed by atoms with van der Waals surface area (Å²) < 4.78 is 22.9. The van der Waals surface area contributed by atoms with Gasteiger partial charge >= 0.3 is 0 Å². The van der Waals surface area contributed by atoms with Crippen molar-refractivity contribution in [1.82, 2.24) is 10.6 Å². The minimum atomic E-state index is -0.554. The van der Waals surface area contributed by atoms with E-state index >= 15 is 0 Å². The molecule has 9 nitrogen and oxygen atoms in total. The van der Waals surface area contributed by atoms with Crippen LogP contribution in [0.2, 0.25) is 0 Å². The van der Waals surface area contributed by atoms with E-state index in [-0.39, 0.29) is 30.1 Å². The van der Waals surface area contributed by atoms with Crippen LogP contribution in [-0.4, -0.2) is 17.7 Å². The van der Waals surface area contributed by atoms with E-state index in [1.807, 2.05) is 78.9 Å². The molecule has 56 heavy (non-hydrogen) atoms. The summed E-state index contributed by atoms with van der Waals surface area (Å²) in [6.07, 6.45) is 3.88. The van der Waals surface area contributed by atoms with Crippen LogP contribution in [0.1, 0.15) is 58.5 Å². The lowest BCUT2D eigenvalue weighted by atomic mass is 10.0. The van der Waals surface area contributed by atoms with Crippen LogP contribution in [-0.2, 0) is 27.6 Å². The van der Waals surface area contributed by atoms with Crippen LogP contribution >= 0.6 is 23.5 Å². The highest BCUT2D eigenvalue weighted by atomic mass is 32.2. The van der Waals surface area contributed by atoms with E-state index in [2.05, 4.69) is 61.4 Å². The number of hydrogen-bond acceptors (Lipinski definition) is 9. The van der Waals surface area contributed by atoms with Crippen molar-refractivity contribution < 1.29 is 32.7 Å². The van der Waals surface area contributed by atoms with Crippen molar-refractivity contribution >= 4 is 41.2 Å². The third-order valence-electron chi connectivity index (χ3n) is 9.23. The van der Waals surface area contributed by atoms with E-state index in [9.17, 15) is 14.4 Å². The second-order valence-corrected chi connectivity index (χ2v) is 15.7. The van der Waals surface area contributed by atoms with Crippen molar-refractivity contribution in [3.05, 3.63) is 168 Å². The number of imide groups is 1. The lowest BCUT2D eigenvalue weighted by Gasteiger charge is -2.10. The standard InChI is InChI=1S/C23H21NO3S.C22H19NO4S/c1-15-4-3-5-17(12-15)14-27-18-6-8-19(9-7-18)28-21-10-11-26-22(21)20-13-16(2)24-23(20)25;1-14-4-2-3-5-15(14)13-27-16-6-8-17(9-7-16)28-19-10-11-26-21(19)18-12-20(24)23-22(18)25/h3-12,20H,2,13-14H2,1H3,(H,24,25);2-11,18H,12-13H2,1H3,(H,23,24,25). The topological polar surface area (TPSA) is 120 Å². The van der Waals surface area contributed by atoms with E-state index in [4.69, 9.17) is 18.3 Å². The molecule has 2 aromatic heterocycles. The van der Waals surface area contributed by atoms with Crippen LogP contribution in [0.3, 0.4) is 0 Å². The maximum Gasteiger partial charge on any atom is 0.237 e. The normalized spacial score (nSPS) is 16.2. The van der Waals surface area contributed by atoms with Crippen LogP contribution in [0.25, 0.3) is 0 Å². The van der Waals surface area contributed by atoms with Gasteiger partial charge in [-0.05, 0) is 91.2 Å². The van der Waals surface area contributed by atoms with Crippen LogP contribution in [0.15, 0.2) is 162 Å². The smallest absolute Gasteiger partial charge is 0.237 e. The summed E-state index contributed by atoms with van der Waals surface area (Å²) in [5.41, 5.74) is 5.48. The third-order valence-corrected chi connectivity index (χ3v) is 11.4. The first kappa shape index (κ1) is 38.4. The van der Waals surface area contributed by atoms with Gasteiger partial charge in [0.1, 0.15) is 48.1 Å². The Hall–Kier alpha value is -5.91. The Morgan fingerprint density at radius 2 is 1.23 bits per heavy atom. The number of carbonyl (C=O) groups is 3. The molecule has 2 aliphatic heterocycles. The maximum atomic E-state index is 12.1. The number of aryl methyl sites for hydroxylation is 2. The summed E-state index contributed by atoms with van der Waals surface area (Å²) in [4.78, 5) is 39.3. The van der Waals surface area contributed by atoms with Crippen LogP contribution < -0.4 is 20.1 Å². The van der Waals surface area contributed by atoms with E-state index in [1.165, 1.54) is 22.9 Å². The molecule has 4 heterocycles. The van der Waals surface area contributed by atoms with E-state index in [1.54, 1.807) is 24.3 Å². The number of benzene rings is 4. The zero-order chi connectivity index (χ0) is 39.0. The van der Waals surface area contributed by atoms with Crippen LogP contribution in [0, 0.1) is 13.8 Å². The Kier molecular flexibility index (Phi) is 12.1. The average molecular weight is 785 g/mol. The third kappa shape index (κ3) is 9.66. The summed E-state index contributed by atoms with van der Waals surface area (Å²) in [6, 6.07) is 35.9. The highest BCUT2D eigenvalue weighted by Crippen LogP contribution is 2.40. The zero-order valence-electron chi connectivity index (χ0n) is 30.9. The van der Waals surface area contributed by atoms with Crippen molar-refractivity contribution in [2.45, 2.75) is 71.3 Å². The number of allylic oxidation sites excluding steroid dienone is 1. The van der Waals surface area contributed by atoms with Gasteiger partial charge in [-0.25, -0.2) is 0 Å². The van der Waals surface area contributed by atoms with Crippen LogP contribution in [0.5, 0.6) is 11.5 Å². The number of amides is 3. The van der Waals surface area contributed by atoms with Gasteiger partial charge in [0.05, 0.1) is 22.3 Å². The molecular formula is C45H40N2O7S2. The molecule has 2 saturated heterocycles. The van der Waals surface area contributed by atoms with Crippen molar-refractivity contribution in [1.29, 1.82) is 0 Å². The number of furan rings is 2. The minimum absolute atomic E-state index is 0.0540. The Labute approximate surface area is 333 Å². The summed E-state index contributed by atoms with van der Waals surface area (Å²) in [5.74, 6) is 1.37. The first-order valence-electron chi connectivity index (χ1n) is 18.1. The lowest BCUT2D eigenvalue weighted by Crippen LogP contribution is -2.21. The van der Waals surface area contributed by atoms with E-state index in [0.717, 1.165) is 47.9 Å². The van der Waals surface area contributed by atoms with E-state index in [0.29, 0.717) is 31.2 Å². The van der Waals surface area contributed by atoms with Gasteiger partial charge in [-0.2, -0.15) is 0 Å². The predicted molar refractivity (Wildman–Crippen MR) is 215 cm³/mol. The molecule has 0 spiro atoms. The molecule has 0 radical (unpaired) electrons. The number of rotatable bonds is 12. The fourth-order valence-corrected chi connectivity index (χ4v) is 8.17. The molecule has 2 atom stereocenters. The summed E-state index contributed by atoms with van der Waals surface area (Å²) in [5, 5.41) is 5.09. The van der Waals surface area contributed by atoms with Gasteiger partial charge < -0.3 is 23.6 Å². The van der Waals surface area contributed by atoms with Crippen molar-refractivity contribution in [2.75, 3.05) is 0 Å². The van der Waals surface area contributed by atoms with Crippen molar-refractivity contribution in [3.8, 4) is 11.5 Å². The summed E-state index contributed by atoms with van der Waals surface area (Å²) >= 11 is 3.07. The molecule has 2 fully saturated rings. The molecule has 4 aromatic carbocycles. The molecule has 2 aliphatic rings. The quantitative estimate of drug-likeness (QED) is 0.117. The van der Waals surface area contributed by atoms with Gasteiger partial charge in [0.25, 0.3) is 0 Å². The second-order valence-electron chi connectivity index (χ2n) is 13.5. The van der Waals surface area contributed by atoms with Gasteiger partial charge in [0, 0.05) is 28.3 Å². The first-order chi connectivity index (χ1) is 27.2. The molecule has 3 amide bonds. The largest absolute Gasteiger partial charge is 0.489 e. The Morgan fingerprint density at radius 3 is 1.77 bits per heavy atom. The molecular weight excluding hydrogens is 745 g/mol. The van der Waals surface area contributed by atoms with Gasteiger partial charge in [-0.1, -0.05) is 84.2 Å². The zero-order valence-corrected chi connectivity index (χ0v) is 32.5. The number of nitrogens with one attached hydrogen (secondary N) is 2. The van der Waals surface area contributed by atoms with Gasteiger partial charge in [-0.3, -0.25) is 19.7 Å². The molecule has 8 rings (SSSR count). The molecule has 284 valence electrons. The van der Waals surface area contributed by atoms with Crippen LogP contribution in [0.4, 0.5) is 0 Å². The number of carbonyl (C=O) groups excluding carboxylic acids is 3. The van der Waals surface area contributed by atoms with Gasteiger partial charge in [0.2, 0.25) is 17.7 Å². The molecule has 11 heteroatoms. The minimum Gasteiger partial charge on any atom is -0.489 e. The molecule has 0 aliphatic carbocycles. The molecule has 6 aromatic rings. The molecule has 2 N–H and O–H groups in total. The highest BCUT2D eigenvalue weighted by molar-refractivity contribution is 7.99. The molecule has 0 bridgehead atoms. The number of ether oxygens (including phenoxy) is 2. The molecule has 2 unspecified atom stereocenters. The fourth-order valence-electron chi connectivity index (χ4n) is 6.29. The van der Waals surface area contributed by atoms with Gasteiger partial charge in [0.15, 0.2) is 0 Å².